The largest absolute Gasteiger partial charge is 0.490 e. The molecule has 0 radical (unpaired) electrons. The van der Waals surface area contributed by atoms with Crippen molar-refractivity contribution in [3.8, 4) is 17.2 Å². The lowest BCUT2D eigenvalue weighted by Gasteiger charge is -2.15. The third kappa shape index (κ3) is 4.61. The van der Waals surface area contributed by atoms with Crippen molar-refractivity contribution in [1.29, 1.82) is 0 Å². The molecule has 0 saturated heterocycles. The summed E-state index contributed by atoms with van der Waals surface area (Å²) in [5.41, 5.74) is 1.88. The quantitative estimate of drug-likeness (QED) is 0.607. The number of hydrogen-bond donors (Lipinski definition) is 1. The lowest BCUT2D eigenvalue weighted by atomic mass is 10.1. The van der Waals surface area contributed by atoms with Crippen molar-refractivity contribution in [2.75, 3.05) is 18.5 Å². The van der Waals surface area contributed by atoms with Crippen molar-refractivity contribution in [3.63, 3.8) is 0 Å². The topological polar surface area (TPSA) is 78.3 Å². The second-order valence-corrected chi connectivity index (χ2v) is 6.32. The smallest absolute Gasteiger partial charge is 0.255 e. The van der Waals surface area contributed by atoms with Crippen molar-refractivity contribution in [2.24, 2.45) is 0 Å². The molecule has 2 aromatic carbocycles. The first-order valence-corrected chi connectivity index (χ1v) is 9.35. The molecule has 28 heavy (non-hydrogen) atoms. The molecule has 0 aliphatic carbocycles. The number of rotatable bonds is 8. The van der Waals surface area contributed by atoms with E-state index in [4.69, 9.17) is 21.1 Å². The third-order valence-electron chi connectivity index (χ3n) is 3.83. The summed E-state index contributed by atoms with van der Waals surface area (Å²) in [6.07, 6.45) is 3.91. The number of ether oxygens (including phenoxy) is 2. The van der Waals surface area contributed by atoms with Gasteiger partial charge in [0.1, 0.15) is 12.7 Å². The molecule has 3 aromatic rings. The normalized spacial score (nSPS) is 10.5. The fourth-order valence-electron chi connectivity index (χ4n) is 2.55. The Bertz CT molecular complexity index is 927. The number of amides is 1. The van der Waals surface area contributed by atoms with Gasteiger partial charge in [0.05, 0.1) is 23.9 Å². The second kappa shape index (κ2) is 9.23. The number of carbonyl (C=O) groups excluding carboxylic acids is 1. The van der Waals surface area contributed by atoms with Crippen LogP contribution >= 0.6 is 11.6 Å². The number of carbonyl (C=O) groups is 1. The van der Waals surface area contributed by atoms with E-state index in [9.17, 15) is 4.79 Å². The molecular formula is C20H21ClN4O3. The summed E-state index contributed by atoms with van der Waals surface area (Å²) < 4.78 is 12.9. The van der Waals surface area contributed by atoms with Crippen molar-refractivity contribution in [3.05, 3.63) is 59.6 Å². The minimum absolute atomic E-state index is 0.293. The molecule has 0 bridgehead atoms. The summed E-state index contributed by atoms with van der Waals surface area (Å²) in [7, 11) is 0. The molecule has 8 heteroatoms. The van der Waals surface area contributed by atoms with Crippen molar-refractivity contribution in [2.45, 2.75) is 20.3 Å². The number of benzene rings is 2. The minimum Gasteiger partial charge on any atom is -0.490 e. The number of nitrogens with one attached hydrogen (secondary N) is 1. The van der Waals surface area contributed by atoms with Crippen LogP contribution in [0.25, 0.3) is 5.69 Å². The first-order valence-electron chi connectivity index (χ1n) is 8.98. The molecule has 0 fully saturated rings. The fraction of sp³-hybridized carbons (Fsp3) is 0.250. The number of nitrogens with zero attached hydrogens (tertiary/aromatic N) is 3. The van der Waals surface area contributed by atoms with Gasteiger partial charge in [-0.15, -0.1) is 0 Å². The summed E-state index contributed by atoms with van der Waals surface area (Å²) in [6, 6.07) is 10.5. The van der Waals surface area contributed by atoms with Crippen LogP contribution in [0.4, 0.5) is 5.69 Å². The van der Waals surface area contributed by atoms with E-state index in [1.807, 2.05) is 26.0 Å². The average Bonchev–Trinajstić information content (AvgIpc) is 3.23. The Morgan fingerprint density at radius 1 is 1.18 bits per heavy atom. The van der Waals surface area contributed by atoms with Gasteiger partial charge in [0.25, 0.3) is 5.91 Å². The molecule has 0 spiro atoms. The van der Waals surface area contributed by atoms with Crippen molar-refractivity contribution >= 4 is 23.2 Å². The predicted octanol–water partition coefficient (Wildman–Crippen LogP) is 4.36. The summed E-state index contributed by atoms with van der Waals surface area (Å²) in [6.45, 7) is 4.82. The second-order valence-electron chi connectivity index (χ2n) is 5.91. The van der Waals surface area contributed by atoms with Crippen LogP contribution in [0.3, 0.4) is 0 Å². The Balaban J connectivity index is 1.78. The van der Waals surface area contributed by atoms with Crippen LogP contribution in [-0.2, 0) is 0 Å². The number of halogens is 1. The van der Waals surface area contributed by atoms with Gasteiger partial charge in [0.2, 0.25) is 0 Å². The van der Waals surface area contributed by atoms with E-state index < -0.39 is 0 Å². The molecule has 0 aliphatic rings. The average molecular weight is 401 g/mol. The summed E-state index contributed by atoms with van der Waals surface area (Å²) in [5.74, 6) is 0.618. The molecule has 0 aliphatic heterocycles. The molecule has 1 heterocycles. The van der Waals surface area contributed by atoms with Crippen LogP contribution in [0.15, 0.2) is 49.1 Å². The molecule has 1 amide bonds. The SMILES string of the molecule is CCCOc1c(Cl)cc(C(=O)Nc2ccc(-n3cncn3)cc2)cc1OCC. The lowest BCUT2D eigenvalue weighted by Crippen LogP contribution is -2.13. The molecule has 0 saturated carbocycles. The number of anilines is 1. The Labute approximate surface area is 168 Å². The van der Waals surface area contributed by atoms with Crippen LogP contribution in [0.5, 0.6) is 11.5 Å². The number of aromatic nitrogens is 3. The molecule has 146 valence electrons. The van der Waals surface area contributed by atoms with Gasteiger partial charge in [0, 0.05) is 11.3 Å². The zero-order chi connectivity index (χ0) is 19.9. The highest BCUT2D eigenvalue weighted by Crippen LogP contribution is 2.37. The maximum atomic E-state index is 12.7. The molecule has 0 atom stereocenters. The van der Waals surface area contributed by atoms with Crippen LogP contribution < -0.4 is 14.8 Å². The number of hydrogen-bond acceptors (Lipinski definition) is 5. The van der Waals surface area contributed by atoms with E-state index in [2.05, 4.69) is 15.4 Å². The van der Waals surface area contributed by atoms with Crippen LogP contribution in [0, 0.1) is 0 Å². The molecular weight excluding hydrogens is 380 g/mol. The van der Waals surface area contributed by atoms with E-state index in [1.165, 1.54) is 6.33 Å². The highest BCUT2D eigenvalue weighted by atomic mass is 35.5. The van der Waals surface area contributed by atoms with Gasteiger partial charge in [-0.3, -0.25) is 4.79 Å². The maximum absolute atomic E-state index is 12.7. The van der Waals surface area contributed by atoms with E-state index >= 15 is 0 Å². The van der Waals surface area contributed by atoms with E-state index in [0.717, 1.165) is 12.1 Å². The molecule has 7 nitrogen and oxygen atoms in total. The van der Waals surface area contributed by atoms with E-state index in [-0.39, 0.29) is 5.91 Å². The molecule has 3 rings (SSSR count). The third-order valence-corrected chi connectivity index (χ3v) is 4.11. The summed E-state index contributed by atoms with van der Waals surface area (Å²) in [4.78, 5) is 16.6. The molecule has 1 N–H and O–H groups in total. The summed E-state index contributed by atoms with van der Waals surface area (Å²) in [5, 5.41) is 7.26. The minimum atomic E-state index is -0.293. The van der Waals surface area contributed by atoms with E-state index in [0.29, 0.717) is 41.0 Å². The fourth-order valence-corrected chi connectivity index (χ4v) is 2.81. The highest BCUT2D eigenvalue weighted by Gasteiger charge is 2.16. The zero-order valence-electron chi connectivity index (χ0n) is 15.7. The standard InChI is InChI=1S/C20H21ClN4O3/c1-3-9-28-19-17(21)10-14(11-18(19)27-4-2)20(26)24-15-5-7-16(8-6-15)25-13-22-12-23-25/h5-8,10-13H,3-4,9H2,1-2H3,(H,24,26). The van der Waals surface area contributed by atoms with Gasteiger partial charge in [-0.05, 0) is 49.7 Å². The van der Waals surface area contributed by atoms with Crippen LogP contribution in [0.2, 0.25) is 5.02 Å². The van der Waals surface area contributed by atoms with Gasteiger partial charge in [-0.25, -0.2) is 9.67 Å². The van der Waals surface area contributed by atoms with Crippen molar-refractivity contribution in [1.82, 2.24) is 14.8 Å². The van der Waals surface area contributed by atoms with E-state index in [1.54, 1.807) is 35.3 Å². The predicted molar refractivity (Wildman–Crippen MR) is 108 cm³/mol. The molecule has 0 unspecified atom stereocenters. The Kier molecular flexibility index (Phi) is 6.49. The van der Waals surface area contributed by atoms with Gasteiger partial charge in [0.15, 0.2) is 11.5 Å². The highest BCUT2D eigenvalue weighted by molar-refractivity contribution is 6.32. The monoisotopic (exact) mass is 400 g/mol. The maximum Gasteiger partial charge on any atom is 0.255 e. The van der Waals surface area contributed by atoms with Gasteiger partial charge in [-0.2, -0.15) is 5.10 Å². The first kappa shape index (κ1) is 19.7. The van der Waals surface area contributed by atoms with Gasteiger partial charge >= 0.3 is 0 Å². The van der Waals surface area contributed by atoms with Crippen molar-refractivity contribution < 1.29 is 14.3 Å². The first-order chi connectivity index (χ1) is 13.6. The van der Waals surface area contributed by atoms with Crippen LogP contribution in [0.1, 0.15) is 30.6 Å². The van der Waals surface area contributed by atoms with Crippen LogP contribution in [-0.4, -0.2) is 33.9 Å². The lowest BCUT2D eigenvalue weighted by molar-refractivity contribution is 0.102. The Morgan fingerprint density at radius 3 is 2.61 bits per heavy atom. The zero-order valence-corrected chi connectivity index (χ0v) is 16.4. The molecule has 1 aromatic heterocycles. The Hall–Kier alpha value is -3.06. The summed E-state index contributed by atoms with van der Waals surface area (Å²) >= 11 is 6.33. The van der Waals surface area contributed by atoms with Gasteiger partial charge < -0.3 is 14.8 Å². The Morgan fingerprint density at radius 2 is 1.96 bits per heavy atom. The van der Waals surface area contributed by atoms with Gasteiger partial charge in [-0.1, -0.05) is 18.5 Å².